The minimum absolute atomic E-state index is 0.135. The number of rotatable bonds is 5. The van der Waals surface area contributed by atoms with Crippen molar-refractivity contribution in [1.29, 1.82) is 0 Å². The minimum atomic E-state index is -0.525. The number of nitrogens with one attached hydrogen (secondary N) is 1. The molecule has 0 aromatic heterocycles. The molecule has 94 valence electrons. The molecule has 1 amide bonds. The summed E-state index contributed by atoms with van der Waals surface area (Å²) >= 11 is 14.0. The van der Waals surface area contributed by atoms with Crippen LogP contribution >= 0.6 is 45.8 Å². The predicted molar refractivity (Wildman–Crippen MR) is 81.1 cm³/mol. The molecule has 0 bridgehead atoms. The Bertz CT molecular complexity index is 368. The molecule has 1 aromatic rings. The van der Waals surface area contributed by atoms with Gasteiger partial charge in [0.05, 0.1) is 5.54 Å². The van der Waals surface area contributed by atoms with Crippen LogP contribution in [-0.2, 0) is 0 Å². The fourth-order valence-corrected chi connectivity index (χ4v) is 2.45. The number of carbonyl (C=O) groups is 1. The Morgan fingerprint density at radius 2 is 1.82 bits per heavy atom. The first kappa shape index (κ1) is 15.1. The van der Waals surface area contributed by atoms with E-state index >= 15 is 0 Å². The number of amides is 1. The van der Waals surface area contributed by atoms with Gasteiger partial charge in [0, 0.05) is 20.9 Å². The summed E-state index contributed by atoms with van der Waals surface area (Å²) in [7, 11) is 0. The van der Waals surface area contributed by atoms with Crippen LogP contribution in [0, 0.1) is 3.57 Å². The first-order valence-corrected chi connectivity index (χ1v) is 7.41. The topological polar surface area (TPSA) is 29.1 Å². The molecule has 5 heteroatoms. The van der Waals surface area contributed by atoms with Crippen LogP contribution in [0.25, 0.3) is 0 Å². The van der Waals surface area contributed by atoms with E-state index in [1.54, 1.807) is 12.1 Å². The maximum absolute atomic E-state index is 12.0. The van der Waals surface area contributed by atoms with Gasteiger partial charge in [-0.1, -0.05) is 6.92 Å². The van der Waals surface area contributed by atoms with Crippen molar-refractivity contribution in [2.24, 2.45) is 0 Å². The Morgan fingerprint density at radius 1 is 1.29 bits per heavy atom. The van der Waals surface area contributed by atoms with E-state index in [4.69, 9.17) is 23.2 Å². The highest BCUT2D eigenvalue weighted by Gasteiger charge is 2.28. The lowest BCUT2D eigenvalue weighted by Crippen LogP contribution is -2.51. The number of halogens is 3. The number of hydrogen-bond donors (Lipinski definition) is 1. The standard InChI is InChI=1S/C12H14Cl2INO/c1-2-12(7-13,8-14)16-11(17)9-3-5-10(15)6-4-9/h3-6H,2,7-8H2,1H3,(H,16,17). The van der Waals surface area contributed by atoms with Gasteiger partial charge in [-0.05, 0) is 53.3 Å². The van der Waals surface area contributed by atoms with Crippen molar-refractivity contribution >= 4 is 51.7 Å². The second kappa shape index (κ2) is 6.81. The predicted octanol–water partition coefficient (Wildman–Crippen LogP) is 3.65. The highest BCUT2D eigenvalue weighted by atomic mass is 127. The van der Waals surface area contributed by atoms with Crippen molar-refractivity contribution < 1.29 is 4.79 Å². The van der Waals surface area contributed by atoms with Gasteiger partial charge >= 0.3 is 0 Å². The van der Waals surface area contributed by atoms with Gasteiger partial charge in [0.25, 0.3) is 5.91 Å². The molecule has 0 unspecified atom stereocenters. The summed E-state index contributed by atoms with van der Waals surface area (Å²) in [5, 5.41) is 2.91. The van der Waals surface area contributed by atoms with E-state index < -0.39 is 5.54 Å². The van der Waals surface area contributed by atoms with Gasteiger partial charge in [-0.15, -0.1) is 23.2 Å². The van der Waals surface area contributed by atoms with Gasteiger partial charge in [-0.3, -0.25) is 4.79 Å². The quantitative estimate of drug-likeness (QED) is 0.608. The third-order valence-electron chi connectivity index (χ3n) is 2.67. The zero-order chi connectivity index (χ0) is 12.9. The first-order valence-electron chi connectivity index (χ1n) is 5.27. The van der Waals surface area contributed by atoms with Crippen LogP contribution in [0.2, 0.25) is 0 Å². The van der Waals surface area contributed by atoms with Crippen molar-refractivity contribution in [3.8, 4) is 0 Å². The minimum Gasteiger partial charge on any atom is -0.344 e. The van der Waals surface area contributed by atoms with Crippen molar-refractivity contribution in [2.45, 2.75) is 18.9 Å². The van der Waals surface area contributed by atoms with Crippen molar-refractivity contribution in [3.05, 3.63) is 33.4 Å². The SMILES string of the molecule is CCC(CCl)(CCl)NC(=O)c1ccc(I)cc1. The van der Waals surface area contributed by atoms with E-state index in [1.807, 2.05) is 19.1 Å². The van der Waals surface area contributed by atoms with Gasteiger partial charge in [0.15, 0.2) is 0 Å². The van der Waals surface area contributed by atoms with Gasteiger partial charge in [0.2, 0.25) is 0 Å². The Kier molecular flexibility index (Phi) is 6.03. The monoisotopic (exact) mass is 385 g/mol. The van der Waals surface area contributed by atoms with E-state index in [9.17, 15) is 4.79 Å². The summed E-state index contributed by atoms with van der Waals surface area (Å²) in [6.45, 7) is 1.96. The Morgan fingerprint density at radius 3 is 2.24 bits per heavy atom. The molecule has 0 spiro atoms. The molecule has 17 heavy (non-hydrogen) atoms. The molecule has 0 saturated heterocycles. The fraction of sp³-hybridized carbons (Fsp3) is 0.417. The third kappa shape index (κ3) is 4.00. The summed E-state index contributed by atoms with van der Waals surface area (Å²) in [5.74, 6) is 0.483. The van der Waals surface area contributed by atoms with Crippen LogP contribution in [0.3, 0.4) is 0 Å². The lowest BCUT2D eigenvalue weighted by molar-refractivity contribution is 0.0913. The number of benzene rings is 1. The molecule has 1 rings (SSSR count). The van der Waals surface area contributed by atoms with E-state index in [-0.39, 0.29) is 5.91 Å². The van der Waals surface area contributed by atoms with Crippen LogP contribution in [0.1, 0.15) is 23.7 Å². The molecule has 0 fully saturated rings. The molecule has 1 aromatic carbocycles. The van der Waals surface area contributed by atoms with Crippen LogP contribution in [0.4, 0.5) is 0 Å². The molecule has 0 atom stereocenters. The van der Waals surface area contributed by atoms with Gasteiger partial charge < -0.3 is 5.32 Å². The van der Waals surface area contributed by atoms with Crippen molar-refractivity contribution in [3.63, 3.8) is 0 Å². The second-order valence-corrected chi connectivity index (χ2v) is 5.64. The molecule has 0 aliphatic heterocycles. The Hall–Kier alpha value is -0.000000000000000111. The number of carbonyl (C=O) groups excluding carboxylic acids is 1. The molecule has 0 aliphatic carbocycles. The molecular weight excluding hydrogens is 372 g/mol. The first-order chi connectivity index (χ1) is 8.06. The van der Waals surface area contributed by atoms with E-state index in [2.05, 4.69) is 27.9 Å². The van der Waals surface area contributed by atoms with Crippen molar-refractivity contribution in [2.75, 3.05) is 11.8 Å². The summed E-state index contributed by atoms with van der Waals surface area (Å²) < 4.78 is 1.09. The molecule has 0 radical (unpaired) electrons. The Labute approximate surface area is 125 Å². The normalized spacial score (nSPS) is 11.3. The molecule has 0 saturated carbocycles. The number of hydrogen-bond acceptors (Lipinski definition) is 1. The number of alkyl halides is 2. The molecule has 0 aliphatic rings. The highest BCUT2D eigenvalue weighted by molar-refractivity contribution is 14.1. The smallest absolute Gasteiger partial charge is 0.251 e. The average molecular weight is 386 g/mol. The van der Waals surface area contributed by atoms with Crippen LogP contribution < -0.4 is 5.32 Å². The zero-order valence-corrected chi connectivity index (χ0v) is 13.1. The third-order valence-corrected chi connectivity index (χ3v) is 4.42. The molecular formula is C12H14Cl2INO. The van der Waals surface area contributed by atoms with E-state index in [0.717, 1.165) is 3.57 Å². The molecule has 2 nitrogen and oxygen atoms in total. The summed E-state index contributed by atoms with van der Waals surface area (Å²) in [5.41, 5.74) is 0.0990. The van der Waals surface area contributed by atoms with Gasteiger partial charge in [0.1, 0.15) is 0 Å². The fourth-order valence-electron chi connectivity index (χ4n) is 1.29. The van der Waals surface area contributed by atoms with E-state index in [0.29, 0.717) is 23.7 Å². The zero-order valence-electron chi connectivity index (χ0n) is 9.47. The molecule has 0 heterocycles. The second-order valence-electron chi connectivity index (χ2n) is 3.86. The summed E-state index contributed by atoms with van der Waals surface area (Å²) in [4.78, 5) is 12.0. The van der Waals surface area contributed by atoms with Gasteiger partial charge in [-0.25, -0.2) is 0 Å². The summed E-state index contributed by atoms with van der Waals surface area (Å²) in [6, 6.07) is 7.37. The maximum Gasteiger partial charge on any atom is 0.251 e. The van der Waals surface area contributed by atoms with Gasteiger partial charge in [-0.2, -0.15) is 0 Å². The van der Waals surface area contributed by atoms with Crippen LogP contribution in [0.5, 0.6) is 0 Å². The van der Waals surface area contributed by atoms with Crippen LogP contribution in [0.15, 0.2) is 24.3 Å². The van der Waals surface area contributed by atoms with E-state index in [1.165, 1.54) is 0 Å². The van der Waals surface area contributed by atoms with Crippen molar-refractivity contribution in [1.82, 2.24) is 5.32 Å². The average Bonchev–Trinajstić information content (AvgIpc) is 2.37. The maximum atomic E-state index is 12.0. The highest BCUT2D eigenvalue weighted by Crippen LogP contribution is 2.16. The van der Waals surface area contributed by atoms with Crippen LogP contribution in [-0.4, -0.2) is 23.2 Å². The summed E-state index contributed by atoms with van der Waals surface area (Å²) in [6.07, 6.45) is 0.704. The Balaban J connectivity index is 2.81. The largest absolute Gasteiger partial charge is 0.344 e. The lowest BCUT2D eigenvalue weighted by Gasteiger charge is -2.29. The lowest BCUT2D eigenvalue weighted by atomic mass is 10.0. The molecule has 1 N–H and O–H groups in total.